The summed E-state index contributed by atoms with van der Waals surface area (Å²) in [4.78, 5) is 11.9. The lowest BCUT2D eigenvalue weighted by atomic mass is 10.2. The van der Waals surface area contributed by atoms with Crippen LogP contribution in [0.5, 0.6) is 0 Å². The van der Waals surface area contributed by atoms with Crippen molar-refractivity contribution in [3.63, 3.8) is 0 Å². The zero-order valence-corrected chi connectivity index (χ0v) is 21.9. The van der Waals surface area contributed by atoms with Gasteiger partial charge in [-0.25, -0.2) is 0 Å². The number of thioether (sulfide) groups is 2. The zero-order valence-electron chi connectivity index (χ0n) is 20.2. The fourth-order valence-corrected chi connectivity index (χ4v) is 5.47. The molecule has 0 N–H and O–H groups in total. The minimum atomic E-state index is 1.03. The first-order valence-corrected chi connectivity index (χ1v) is 13.8. The maximum Gasteiger partial charge on any atom is 0.0765 e. The van der Waals surface area contributed by atoms with Crippen LogP contribution in [-0.4, -0.2) is 23.9 Å². The van der Waals surface area contributed by atoms with Gasteiger partial charge in [-0.2, -0.15) is 0 Å². The monoisotopic (exact) mass is 494 g/mol. The molecule has 0 atom stereocenters. The fraction of sp³-hybridized carbons (Fsp3) is 0.161. The number of hydrogen-bond acceptors (Lipinski definition) is 4. The van der Waals surface area contributed by atoms with Gasteiger partial charge in [-0.15, -0.1) is 23.5 Å². The van der Waals surface area contributed by atoms with Crippen molar-refractivity contribution >= 4 is 47.3 Å². The highest BCUT2D eigenvalue weighted by molar-refractivity contribution is 8.00. The quantitative estimate of drug-likeness (QED) is 0.125. The third-order valence-corrected chi connectivity index (χ3v) is 7.69. The fourth-order valence-electron chi connectivity index (χ4n) is 3.39. The van der Waals surface area contributed by atoms with Gasteiger partial charge in [0.25, 0.3) is 0 Å². The van der Waals surface area contributed by atoms with Crippen molar-refractivity contribution in [3.05, 3.63) is 119 Å². The second-order valence-corrected chi connectivity index (χ2v) is 10.6. The Kier molecular flexibility index (Phi) is 9.39. The molecule has 0 aliphatic heterocycles. The molecule has 0 heterocycles. The number of rotatable bonds is 10. The number of hydrogen-bond donors (Lipinski definition) is 0. The smallest absolute Gasteiger partial charge is 0.0765 e. The van der Waals surface area contributed by atoms with Crippen molar-refractivity contribution in [2.75, 3.05) is 11.5 Å². The summed E-state index contributed by atoms with van der Waals surface area (Å²) < 4.78 is 0. The van der Waals surface area contributed by atoms with Crippen LogP contribution in [0.1, 0.15) is 28.7 Å². The van der Waals surface area contributed by atoms with E-state index in [1.807, 2.05) is 36.0 Å². The number of para-hydroxylation sites is 2. The molecule has 0 bridgehead atoms. The molecular formula is C31H30N2S2. The molecule has 176 valence electrons. The van der Waals surface area contributed by atoms with Gasteiger partial charge in [-0.05, 0) is 67.2 Å². The Labute approximate surface area is 217 Å². The van der Waals surface area contributed by atoms with E-state index in [9.17, 15) is 0 Å². The van der Waals surface area contributed by atoms with Gasteiger partial charge < -0.3 is 0 Å². The van der Waals surface area contributed by atoms with Gasteiger partial charge >= 0.3 is 0 Å². The Balaban J connectivity index is 1.29. The van der Waals surface area contributed by atoms with Crippen molar-refractivity contribution in [2.24, 2.45) is 9.98 Å². The summed E-state index contributed by atoms with van der Waals surface area (Å²) in [7, 11) is 0. The predicted molar refractivity (Wildman–Crippen MR) is 156 cm³/mol. The van der Waals surface area contributed by atoms with Gasteiger partial charge in [-0.1, -0.05) is 83.9 Å². The molecular weight excluding hydrogens is 464 g/mol. The van der Waals surface area contributed by atoms with Crippen LogP contribution in [-0.2, 0) is 0 Å². The molecule has 4 rings (SSSR count). The van der Waals surface area contributed by atoms with Crippen LogP contribution in [0.3, 0.4) is 0 Å². The van der Waals surface area contributed by atoms with Gasteiger partial charge in [0.15, 0.2) is 0 Å². The molecule has 0 radical (unpaired) electrons. The lowest BCUT2D eigenvalue weighted by Crippen LogP contribution is -1.86. The lowest BCUT2D eigenvalue weighted by molar-refractivity contribution is 1.12. The molecule has 0 aliphatic rings. The van der Waals surface area contributed by atoms with E-state index in [1.165, 1.54) is 20.9 Å². The summed E-state index contributed by atoms with van der Waals surface area (Å²) in [5.41, 5.74) is 6.82. The Hall–Kier alpha value is -3.08. The van der Waals surface area contributed by atoms with E-state index in [-0.39, 0.29) is 0 Å². The molecule has 2 nitrogen and oxygen atoms in total. The standard InChI is InChI=1S/C31H30N2S2/c1-24-12-16-26(17-13-24)22-32-28-8-3-5-10-30(28)34-20-7-21-35-31-11-6-4-9-29(31)33-23-27-18-14-25(2)15-19-27/h3-6,8-19,22-23H,7,20-21H2,1-2H3. The van der Waals surface area contributed by atoms with E-state index in [0.717, 1.165) is 40.4 Å². The van der Waals surface area contributed by atoms with Crippen molar-refractivity contribution in [1.82, 2.24) is 0 Å². The van der Waals surface area contributed by atoms with Crippen molar-refractivity contribution in [3.8, 4) is 0 Å². The highest BCUT2D eigenvalue weighted by Gasteiger charge is 2.04. The van der Waals surface area contributed by atoms with Gasteiger partial charge in [0.1, 0.15) is 0 Å². The summed E-state index contributed by atoms with van der Waals surface area (Å²) in [6, 6.07) is 33.7. The Morgan fingerprint density at radius 1 is 0.543 bits per heavy atom. The van der Waals surface area contributed by atoms with Crippen LogP contribution in [0.15, 0.2) is 117 Å². The van der Waals surface area contributed by atoms with Crippen LogP contribution in [0.2, 0.25) is 0 Å². The summed E-state index contributed by atoms with van der Waals surface area (Å²) in [6.45, 7) is 4.20. The Morgan fingerprint density at radius 3 is 1.37 bits per heavy atom. The molecule has 0 aliphatic carbocycles. The first-order valence-electron chi connectivity index (χ1n) is 11.8. The Bertz CT molecular complexity index is 1180. The van der Waals surface area contributed by atoms with Gasteiger partial charge in [0, 0.05) is 22.2 Å². The topological polar surface area (TPSA) is 24.7 Å². The molecule has 0 aromatic heterocycles. The summed E-state index contributed by atoms with van der Waals surface area (Å²) in [6.07, 6.45) is 5.01. The number of aliphatic imine (C=N–C) groups is 2. The largest absolute Gasteiger partial charge is 0.255 e. The van der Waals surface area contributed by atoms with E-state index >= 15 is 0 Å². The number of benzene rings is 4. The minimum Gasteiger partial charge on any atom is -0.255 e. The lowest BCUT2D eigenvalue weighted by Gasteiger charge is -2.07. The van der Waals surface area contributed by atoms with Crippen LogP contribution < -0.4 is 0 Å². The molecule has 0 saturated carbocycles. The average molecular weight is 495 g/mol. The normalized spacial score (nSPS) is 11.5. The molecule has 0 fully saturated rings. The van der Waals surface area contributed by atoms with E-state index in [0.29, 0.717) is 0 Å². The summed E-state index contributed by atoms with van der Waals surface area (Å²) in [5.74, 6) is 2.11. The third-order valence-electron chi connectivity index (χ3n) is 5.39. The average Bonchev–Trinajstić information content (AvgIpc) is 2.89. The summed E-state index contributed by atoms with van der Waals surface area (Å²) in [5, 5.41) is 0. The van der Waals surface area contributed by atoms with Gasteiger partial charge in [-0.3, -0.25) is 9.98 Å². The van der Waals surface area contributed by atoms with Gasteiger partial charge in [0.05, 0.1) is 11.4 Å². The van der Waals surface area contributed by atoms with E-state index in [1.54, 1.807) is 0 Å². The van der Waals surface area contributed by atoms with Crippen molar-refractivity contribution < 1.29 is 0 Å². The minimum absolute atomic E-state index is 1.03. The number of nitrogens with zero attached hydrogens (tertiary/aromatic N) is 2. The van der Waals surface area contributed by atoms with Crippen molar-refractivity contribution in [2.45, 2.75) is 30.1 Å². The van der Waals surface area contributed by atoms with Crippen LogP contribution in [0.4, 0.5) is 11.4 Å². The van der Waals surface area contributed by atoms with Gasteiger partial charge in [0.2, 0.25) is 0 Å². The maximum atomic E-state index is 4.75. The third kappa shape index (κ3) is 7.98. The predicted octanol–water partition coefficient (Wildman–Crippen LogP) is 9.08. The highest BCUT2D eigenvalue weighted by Crippen LogP contribution is 2.32. The SMILES string of the molecule is Cc1ccc(C=Nc2ccccc2SCCCSc2ccccc2N=Cc2ccc(C)cc2)cc1. The molecule has 0 unspecified atom stereocenters. The summed E-state index contributed by atoms with van der Waals surface area (Å²) >= 11 is 3.75. The molecule has 4 aromatic carbocycles. The van der Waals surface area contributed by atoms with Crippen LogP contribution in [0.25, 0.3) is 0 Å². The van der Waals surface area contributed by atoms with E-state index in [2.05, 4.69) is 111 Å². The molecule has 0 amide bonds. The molecule has 4 aromatic rings. The van der Waals surface area contributed by atoms with E-state index in [4.69, 9.17) is 9.98 Å². The molecule has 4 heteroatoms. The highest BCUT2D eigenvalue weighted by atomic mass is 32.2. The molecule has 35 heavy (non-hydrogen) atoms. The second-order valence-electron chi connectivity index (χ2n) is 8.32. The number of aryl methyl sites for hydroxylation is 2. The first kappa shape index (κ1) is 25.0. The first-order chi connectivity index (χ1) is 17.2. The van der Waals surface area contributed by atoms with E-state index < -0.39 is 0 Å². The van der Waals surface area contributed by atoms with Crippen LogP contribution in [0, 0.1) is 13.8 Å². The molecule has 0 spiro atoms. The zero-order chi connectivity index (χ0) is 24.3. The maximum absolute atomic E-state index is 4.75. The Morgan fingerprint density at radius 2 is 0.943 bits per heavy atom. The second kappa shape index (κ2) is 13.1. The van der Waals surface area contributed by atoms with Crippen molar-refractivity contribution in [1.29, 1.82) is 0 Å². The molecule has 0 saturated heterocycles. The van der Waals surface area contributed by atoms with Crippen LogP contribution >= 0.6 is 23.5 Å².